The highest BCUT2D eigenvalue weighted by Crippen LogP contribution is 2.26. The van der Waals surface area contributed by atoms with E-state index in [0.717, 1.165) is 18.8 Å². The SMILES string of the molecule is CCC1CCC(NC(=O)c2ccc(NC(=O)c3cccs3)cc2)CC1. The van der Waals surface area contributed by atoms with Crippen molar-refractivity contribution >= 4 is 28.8 Å². The number of carbonyl (C=O) groups is 2. The molecular formula is C20H24N2O2S. The summed E-state index contributed by atoms with van der Waals surface area (Å²) in [6, 6.07) is 11.0. The number of nitrogens with one attached hydrogen (secondary N) is 2. The van der Waals surface area contributed by atoms with Crippen molar-refractivity contribution in [3.8, 4) is 0 Å². The molecule has 0 spiro atoms. The number of rotatable bonds is 5. The predicted molar refractivity (Wildman–Crippen MR) is 102 cm³/mol. The van der Waals surface area contributed by atoms with Crippen molar-refractivity contribution in [2.75, 3.05) is 5.32 Å². The van der Waals surface area contributed by atoms with Gasteiger partial charge in [0, 0.05) is 17.3 Å². The van der Waals surface area contributed by atoms with Crippen LogP contribution in [0.5, 0.6) is 0 Å². The Balaban J connectivity index is 1.53. The normalized spacial score (nSPS) is 20.0. The standard InChI is InChI=1S/C20H24N2O2S/c1-2-14-5-9-16(10-6-14)21-19(23)15-7-11-17(12-8-15)22-20(24)18-4-3-13-25-18/h3-4,7-8,11-14,16H,2,5-6,9-10H2,1H3,(H,21,23)(H,22,24). The highest BCUT2D eigenvalue weighted by atomic mass is 32.1. The fourth-order valence-electron chi connectivity index (χ4n) is 3.29. The Morgan fingerprint density at radius 3 is 2.36 bits per heavy atom. The largest absolute Gasteiger partial charge is 0.349 e. The molecule has 4 nitrogen and oxygen atoms in total. The van der Waals surface area contributed by atoms with Crippen LogP contribution in [-0.4, -0.2) is 17.9 Å². The number of hydrogen-bond acceptors (Lipinski definition) is 3. The lowest BCUT2D eigenvalue weighted by Crippen LogP contribution is -2.37. The van der Waals surface area contributed by atoms with Gasteiger partial charge in [0.15, 0.2) is 0 Å². The zero-order valence-corrected chi connectivity index (χ0v) is 15.3. The predicted octanol–water partition coefficient (Wildman–Crippen LogP) is 4.70. The topological polar surface area (TPSA) is 58.2 Å². The summed E-state index contributed by atoms with van der Waals surface area (Å²) in [7, 11) is 0. The highest BCUT2D eigenvalue weighted by molar-refractivity contribution is 7.12. The van der Waals surface area contributed by atoms with Crippen LogP contribution in [0, 0.1) is 5.92 Å². The lowest BCUT2D eigenvalue weighted by Gasteiger charge is -2.28. The van der Waals surface area contributed by atoms with Gasteiger partial charge in [-0.15, -0.1) is 11.3 Å². The Bertz CT molecular complexity index is 702. The van der Waals surface area contributed by atoms with Gasteiger partial charge in [0.05, 0.1) is 4.88 Å². The van der Waals surface area contributed by atoms with Crippen molar-refractivity contribution < 1.29 is 9.59 Å². The molecule has 0 atom stereocenters. The molecule has 2 amide bonds. The quantitative estimate of drug-likeness (QED) is 0.816. The Morgan fingerprint density at radius 1 is 1.04 bits per heavy atom. The Kier molecular flexibility index (Phi) is 5.87. The number of benzene rings is 1. The van der Waals surface area contributed by atoms with Crippen LogP contribution in [0.1, 0.15) is 59.1 Å². The van der Waals surface area contributed by atoms with E-state index in [4.69, 9.17) is 0 Å². The minimum Gasteiger partial charge on any atom is -0.349 e. The van der Waals surface area contributed by atoms with Gasteiger partial charge in [0.2, 0.25) is 0 Å². The van der Waals surface area contributed by atoms with Crippen molar-refractivity contribution in [1.82, 2.24) is 5.32 Å². The summed E-state index contributed by atoms with van der Waals surface area (Å²) < 4.78 is 0. The number of hydrogen-bond donors (Lipinski definition) is 2. The Hall–Kier alpha value is -2.14. The molecule has 25 heavy (non-hydrogen) atoms. The number of carbonyl (C=O) groups excluding carboxylic acids is 2. The third kappa shape index (κ3) is 4.69. The van der Waals surface area contributed by atoms with Gasteiger partial charge in [0.1, 0.15) is 0 Å². The molecule has 132 valence electrons. The fraction of sp³-hybridized carbons (Fsp3) is 0.400. The van der Waals surface area contributed by atoms with E-state index in [1.807, 2.05) is 11.4 Å². The lowest BCUT2D eigenvalue weighted by atomic mass is 9.84. The van der Waals surface area contributed by atoms with Gasteiger partial charge in [-0.1, -0.05) is 19.4 Å². The first-order valence-corrected chi connectivity index (χ1v) is 9.79. The van der Waals surface area contributed by atoms with Gasteiger partial charge in [-0.2, -0.15) is 0 Å². The molecule has 0 unspecified atom stereocenters. The van der Waals surface area contributed by atoms with E-state index in [9.17, 15) is 9.59 Å². The third-order valence-corrected chi connectivity index (χ3v) is 5.78. The smallest absolute Gasteiger partial charge is 0.265 e. The van der Waals surface area contributed by atoms with E-state index in [0.29, 0.717) is 16.1 Å². The fourth-order valence-corrected chi connectivity index (χ4v) is 3.91. The summed E-state index contributed by atoms with van der Waals surface area (Å²) in [5.41, 5.74) is 1.32. The number of thiophene rings is 1. The molecule has 0 radical (unpaired) electrons. The molecule has 1 aliphatic rings. The van der Waals surface area contributed by atoms with Crippen LogP contribution in [0.4, 0.5) is 5.69 Å². The molecule has 2 aromatic rings. The zero-order valence-electron chi connectivity index (χ0n) is 14.5. The molecule has 1 saturated carbocycles. The first kappa shape index (κ1) is 17.7. The summed E-state index contributed by atoms with van der Waals surface area (Å²) >= 11 is 1.40. The average Bonchev–Trinajstić information content (AvgIpc) is 3.18. The summed E-state index contributed by atoms with van der Waals surface area (Å²) in [6.07, 6.45) is 5.78. The summed E-state index contributed by atoms with van der Waals surface area (Å²) in [5, 5.41) is 7.85. The lowest BCUT2D eigenvalue weighted by molar-refractivity contribution is 0.0921. The van der Waals surface area contributed by atoms with Crippen LogP contribution in [0.15, 0.2) is 41.8 Å². The van der Waals surface area contributed by atoms with Crippen LogP contribution < -0.4 is 10.6 Å². The molecular weight excluding hydrogens is 332 g/mol. The first-order valence-electron chi connectivity index (χ1n) is 8.91. The maximum atomic E-state index is 12.4. The van der Waals surface area contributed by atoms with Crippen molar-refractivity contribution in [3.05, 3.63) is 52.2 Å². The molecule has 0 aliphatic heterocycles. The van der Waals surface area contributed by atoms with Gasteiger partial charge in [-0.05, 0) is 67.3 Å². The van der Waals surface area contributed by atoms with Crippen molar-refractivity contribution in [2.24, 2.45) is 5.92 Å². The van der Waals surface area contributed by atoms with Crippen LogP contribution in [0.2, 0.25) is 0 Å². The molecule has 3 rings (SSSR count). The Morgan fingerprint density at radius 2 is 1.76 bits per heavy atom. The van der Waals surface area contributed by atoms with Crippen LogP contribution in [0.25, 0.3) is 0 Å². The number of amides is 2. The second-order valence-corrected chi connectivity index (χ2v) is 7.56. The van der Waals surface area contributed by atoms with Crippen LogP contribution in [-0.2, 0) is 0 Å². The maximum Gasteiger partial charge on any atom is 0.265 e. The van der Waals surface area contributed by atoms with Crippen molar-refractivity contribution in [3.63, 3.8) is 0 Å². The van der Waals surface area contributed by atoms with Crippen molar-refractivity contribution in [1.29, 1.82) is 0 Å². The van der Waals surface area contributed by atoms with E-state index in [1.165, 1.54) is 30.6 Å². The van der Waals surface area contributed by atoms with Crippen LogP contribution in [0.3, 0.4) is 0 Å². The molecule has 1 aromatic carbocycles. The monoisotopic (exact) mass is 356 g/mol. The van der Waals surface area contributed by atoms with E-state index in [-0.39, 0.29) is 17.9 Å². The summed E-state index contributed by atoms with van der Waals surface area (Å²) in [5.74, 6) is 0.662. The molecule has 0 saturated heterocycles. The molecule has 2 N–H and O–H groups in total. The maximum absolute atomic E-state index is 12.4. The summed E-state index contributed by atoms with van der Waals surface area (Å²) in [6.45, 7) is 2.24. The second-order valence-electron chi connectivity index (χ2n) is 6.61. The van der Waals surface area contributed by atoms with E-state index >= 15 is 0 Å². The van der Waals surface area contributed by atoms with Gasteiger partial charge < -0.3 is 10.6 Å². The third-order valence-electron chi connectivity index (χ3n) is 4.91. The van der Waals surface area contributed by atoms with Gasteiger partial charge in [-0.25, -0.2) is 0 Å². The van der Waals surface area contributed by atoms with E-state index < -0.39 is 0 Å². The highest BCUT2D eigenvalue weighted by Gasteiger charge is 2.21. The zero-order chi connectivity index (χ0) is 17.6. The van der Waals surface area contributed by atoms with Gasteiger partial charge in [0.25, 0.3) is 11.8 Å². The second kappa shape index (κ2) is 8.30. The molecule has 1 fully saturated rings. The minimum absolute atomic E-state index is 0.0314. The van der Waals surface area contributed by atoms with Crippen LogP contribution >= 0.6 is 11.3 Å². The van der Waals surface area contributed by atoms with Crippen molar-refractivity contribution in [2.45, 2.75) is 45.1 Å². The van der Waals surface area contributed by atoms with E-state index in [1.54, 1.807) is 30.3 Å². The molecule has 1 heterocycles. The molecule has 1 aromatic heterocycles. The minimum atomic E-state index is -0.125. The molecule has 0 bridgehead atoms. The number of anilines is 1. The molecule has 5 heteroatoms. The van der Waals surface area contributed by atoms with Gasteiger partial charge in [-0.3, -0.25) is 9.59 Å². The first-order chi connectivity index (χ1) is 12.2. The molecule has 1 aliphatic carbocycles. The summed E-state index contributed by atoms with van der Waals surface area (Å²) in [4.78, 5) is 25.1. The van der Waals surface area contributed by atoms with E-state index in [2.05, 4.69) is 17.6 Å². The van der Waals surface area contributed by atoms with Gasteiger partial charge >= 0.3 is 0 Å². The average molecular weight is 356 g/mol. The Labute approximate surface area is 152 Å².